The van der Waals surface area contributed by atoms with E-state index >= 15 is 0 Å². The highest BCUT2D eigenvalue weighted by Crippen LogP contribution is 2.67. The Morgan fingerprint density at radius 1 is 0.794 bits per heavy atom. The zero-order valence-electron chi connectivity index (χ0n) is 46.9. The number of rotatable bonds is 26. The number of hydrogen-bond donors (Lipinski definition) is 3. The maximum absolute atomic E-state index is 13.6. The van der Waals surface area contributed by atoms with E-state index < -0.39 is 5.60 Å². The molecule has 0 aromatic rings. The van der Waals surface area contributed by atoms with Crippen LogP contribution in [0.1, 0.15) is 220 Å². The third-order valence-corrected chi connectivity index (χ3v) is 17.4. The van der Waals surface area contributed by atoms with Crippen LogP contribution in [0, 0.1) is 52.3 Å². The summed E-state index contributed by atoms with van der Waals surface area (Å²) >= 11 is 0. The van der Waals surface area contributed by atoms with Crippen molar-refractivity contribution in [2.75, 3.05) is 26.2 Å². The average Bonchev–Trinajstić information content (AvgIpc) is 3.56. The van der Waals surface area contributed by atoms with E-state index in [2.05, 4.69) is 95.5 Å². The highest BCUT2D eigenvalue weighted by molar-refractivity contribution is 5.70. The molecule has 0 aromatic heterocycles. The average molecular weight is 952 g/mol. The Labute approximate surface area is 418 Å². The van der Waals surface area contributed by atoms with E-state index in [4.69, 9.17) is 14.2 Å². The van der Waals surface area contributed by atoms with E-state index in [0.717, 1.165) is 118 Å². The van der Waals surface area contributed by atoms with Crippen molar-refractivity contribution in [3.63, 3.8) is 0 Å². The number of alkyl carbamates (subject to hydrolysis) is 1. The Balaban J connectivity index is 1.28. The van der Waals surface area contributed by atoms with Gasteiger partial charge >= 0.3 is 12.1 Å². The molecule has 1 amide bonds. The summed E-state index contributed by atoms with van der Waals surface area (Å²) in [5, 5.41) is 10.1. The second-order valence-corrected chi connectivity index (χ2v) is 26.5. The monoisotopic (exact) mass is 951 g/mol. The van der Waals surface area contributed by atoms with Crippen molar-refractivity contribution < 1.29 is 23.8 Å². The molecule has 3 N–H and O–H groups in total. The molecule has 0 unspecified atom stereocenters. The molecule has 3 saturated carbocycles. The summed E-state index contributed by atoms with van der Waals surface area (Å²) in [4.78, 5) is 28.3. The summed E-state index contributed by atoms with van der Waals surface area (Å²) in [7, 11) is 0. The van der Waals surface area contributed by atoms with Crippen molar-refractivity contribution in [3.8, 4) is 0 Å². The second kappa shape index (κ2) is 24.2. The van der Waals surface area contributed by atoms with Crippen molar-refractivity contribution in [3.05, 3.63) is 36.4 Å². The Kier molecular flexibility index (Phi) is 20.6. The number of allylic oxidation sites excluding steroid dienone is 2. The van der Waals surface area contributed by atoms with Crippen LogP contribution < -0.4 is 16.0 Å². The zero-order valence-corrected chi connectivity index (χ0v) is 46.9. The first-order valence-electron chi connectivity index (χ1n) is 27.7. The molecule has 0 heterocycles. The lowest BCUT2D eigenvalue weighted by molar-refractivity contribution is -0.151. The molecular formula is C59H106N4O5. The molecule has 0 aliphatic heterocycles. The lowest BCUT2D eigenvalue weighted by atomic mass is 9.47. The number of fused-ring (bicyclic) bond motifs is 5. The minimum absolute atomic E-state index is 0.0347. The van der Waals surface area contributed by atoms with Crippen molar-refractivity contribution in [2.24, 2.45) is 52.3 Å². The molecule has 68 heavy (non-hydrogen) atoms. The first-order valence-corrected chi connectivity index (χ1v) is 27.7. The Morgan fingerprint density at radius 3 is 2.12 bits per heavy atom. The maximum Gasteiger partial charge on any atom is 0.408 e. The van der Waals surface area contributed by atoms with Gasteiger partial charge in [0, 0.05) is 36.3 Å². The third-order valence-electron chi connectivity index (χ3n) is 17.4. The van der Waals surface area contributed by atoms with Crippen LogP contribution in [-0.4, -0.2) is 71.5 Å². The smallest absolute Gasteiger partial charge is 0.408 e. The molecule has 9 heteroatoms. The highest BCUT2D eigenvalue weighted by atomic mass is 16.6. The van der Waals surface area contributed by atoms with Gasteiger partial charge in [0.15, 0.2) is 5.88 Å². The molecule has 9 atom stereocenters. The van der Waals surface area contributed by atoms with Crippen LogP contribution in [0.2, 0.25) is 0 Å². The fraction of sp³-hybridized carbons (Fsp3) is 0.864. The Morgan fingerprint density at radius 2 is 1.47 bits per heavy atom. The second-order valence-electron chi connectivity index (χ2n) is 26.5. The first-order chi connectivity index (χ1) is 31.5. The predicted molar refractivity (Wildman–Crippen MR) is 284 cm³/mol. The van der Waals surface area contributed by atoms with E-state index in [0.29, 0.717) is 24.1 Å². The number of carbonyl (C=O) groups is 2. The molecule has 4 aliphatic carbocycles. The van der Waals surface area contributed by atoms with E-state index in [9.17, 15) is 9.59 Å². The SMILES string of the molecule is C=C(NC(C)(C)CCN(CCCCNCCC(C)(C)NC(=O)OC(C)(C)C)C(=C)CCC(=O)O[C@H]1CC[C@@]2(C)C(=CC[C@H]3[C@@H]4CC[C@H]([C@H](C)CC[C@@H](CC)C(C)C)[C@@]4(C)CC[C@@H]32)C1)OC(C)(C)C. The van der Waals surface area contributed by atoms with Crippen LogP contribution in [0.3, 0.4) is 0 Å². The summed E-state index contributed by atoms with van der Waals surface area (Å²) in [6, 6.07) is 0. The van der Waals surface area contributed by atoms with Crippen LogP contribution in [0.4, 0.5) is 4.79 Å². The summed E-state index contributed by atoms with van der Waals surface area (Å²) in [5.74, 6) is 6.21. The number of nitrogens with one attached hydrogen (secondary N) is 3. The fourth-order valence-electron chi connectivity index (χ4n) is 13.4. The first kappa shape index (κ1) is 57.9. The van der Waals surface area contributed by atoms with E-state index in [1.807, 2.05) is 55.4 Å². The van der Waals surface area contributed by atoms with E-state index in [1.54, 1.807) is 5.57 Å². The van der Waals surface area contributed by atoms with Crippen molar-refractivity contribution >= 4 is 12.1 Å². The summed E-state index contributed by atoms with van der Waals surface area (Å²) in [5.41, 5.74) is 1.77. The maximum atomic E-state index is 13.6. The van der Waals surface area contributed by atoms with Gasteiger partial charge < -0.3 is 35.1 Å². The molecule has 4 aliphatic rings. The number of amides is 1. The normalized spacial score (nSPS) is 27.2. The van der Waals surface area contributed by atoms with Crippen molar-refractivity contribution in [2.45, 2.75) is 248 Å². The lowest BCUT2D eigenvalue weighted by Crippen LogP contribution is -2.51. The molecular weight excluding hydrogens is 845 g/mol. The predicted octanol–water partition coefficient (Wildman–Crippen LogP) is 14.3. The molecule has 9 nitrogen and oxygen atoms in total. The van der Waals surface area contributed by atoms with Gasteiger partial charge in [-0.1, -0.05) is 72.6 Å². The number of hydrogen-bond acceptors (Lipinski definition) is 8. The van der Waals surface area contributed by atoms with E-state index in [-0.39, 0.29) is 40.3 Å². The Bertz CT molecular complexity index is 1690. The van der Waals surface area contributed by atoms with E-state index in [1.165, 1.54) is 51.4 Å². The van der Waals surface area contributed by atoms with Gasteiger partial charge in [-0.3, -0.25) is 4.79 Å². The minimum Gasteiger partial charge on any atom is -0.474 e. The molecule has 0 saturated heterocycles. The minimum atomic E-state index is -0.527. The number of nitrogens with zero attached hydrogens (tertiary/aromatic N) is 1. The van der Waals surface area contributed by atoms with Gasteiger partial charge in [0.1, 0.15) is 17.3 Å². The van der Waals surface area contributed by atoms with Crippen molar-refractivity contribution in [1.29, 1.82) is 0 Å². The lowest BCUT2D eigenvalue weighted by Gasteiger charge is -2.58. The van der Waals surface area contributed by atoms with Crippen LogP contribution >= 0.6 is 0 Å². The largest absolute Gasteiger partial charge is 0.474 e. The molecule has 0 spiro atoms. The number of unbranched alkanes of at least 4 members (excludes halogenated alkanes) is 1. The number of ether oxygens (including phenoxy) is 3. The van der Waals surface area contributed by atoms with Gasteiger partial charge in [-0.05, 0) is 225 Å². The van der Waals surface area contributed by atoms with Crippen LogP contribution in [0.25, 0.3) is 0 Å². The molecule has 392 valence electrons. The number of esters is 1. The summed E-state index contributed by atoms with van der Waals surface area (Å²) in [6.45, 7) is 47.2. The quantitative estimate of drug-likeness (QED) is 0.0341. The van der Waals surface area contributed by atoms with Gasteiger partial charge in [0.2, 0.25) is 0 Å². The summed E-state index contributed by atoms with van der Waals surface area (Å²) in [6.07, 6.45) is 20.6. The van der Waals surface area contributed by atoms with Crippen LogP contribution in [-0.2, 0) is 19.0 Å². The highest BCUT2D eigenvalue weighted by Gasteiger charge is 2.59. The zero-order chi connectivity index (χ0) is 50.9. The fourth-order valence-corrected chi connectivity index (χ4v) is 13.4. The number of carbonyl (C=O) groups excluding carboxylic acids is 2. The molecule has 4 rings (SSSR count). The Hall–Kier alpha value is -2.68. The van der Waals surface area contributed by atoms with Crippen LogP contribution in [0.5, 0.6) is 0 Å². The van der Waals surface area contributed by atoms with Gasteiger partial charge in [-0.15, -0.1) is 0 Å². The van der Waals surface area contributed by atoms with Gasteiger partial charge in [0.25, 0.3) is 0 Å². The molecule has 0 bridgehead atoms. The van der Waals surface area contributed by atoms with Gasteiger partial charge in [0.05, 0.1) is 6.42 Å². The standard InChI is InChI=1S/C59H106N4O5/c1-19-45(41(2)3)24-22-42(4)49-27-28-50-48-26-25-46-40-47(30-32-58(46,17)51(48)31-33-59(49,50)18)66-52(64)29-23-43(5)63(39-35-57(15,16)61-44(6)67-54(7,8)9)38-21-20-36-60-37-34-56(13,14)62-53(65)68-55(10,11)12/h25,41-42,45,47-51,60-61H,5-6,19-24,26-40H2,1-4,7-18H3,(H,62,65)/t42-,45-,47+,48+,49-,50+,51+,58+,59-/m1/s1. The van der Waals surface area contributed by atoms with Crippen LogP contribution in [0.15, 0.2) is 36.4 Å². The van der Waals surface area contributed by atoms with Crippen molar-refractivity contribution in [1.82, 2.24) is 20.9 Å². The topological polar surface area (TPSA) is 101 Å². The third kappa shape index (κ3) is 17.0. The summed E-state index contributed by atoms with van der Waals surface area (Å²) < 4.78 is 17.8. The van der Waals surface area contributed by atoms with Gasteiger partial charge in [-0.2, -0.15) is 0 Å². The van der Waals surface area contributed by atoms with Gasteiger partial charge in [-0.25, -0.2) is 4.79 Å². The molecule has 0 radical (unpaired) electrons. The molecule has 0 aromatic carbocycles. The molecule has 3 fully saturated rings.